The second kappa shape index (κ2) is 6.28. The molecule has 1 aliphatic rings. The van der Waals surface area contributed by atoms with Crippen molar-refractivity contribution in [2.24, 2.45) is 11.3 Å². The number of hydrogen-bond acceptors (Lipinski definition) is 2. The van der Waals surface area contributed by atoms with Gasteiger partial charge >= 0.3 is 0 Å². The number of benzene rings is 1. The van der Waals surface area contributed by atoms with Crippen molar-refractivity contribution in [2.75, 3.05) is 13.2 Å². The van der Waals surface area contributed by atoms with Gasteiger partial charge in [-0.1, -0.05) is 37.3 Å². The zero-order valence-electron chi connectivity index (χ0n) is 13.4. The molecule has 1 saturated carbocycles. The number of rotatable bonds is 7. The van der Waals surface area contributed by atoms with Gasteiger partial charge in [0.1, 0.15) is 0 Å². The summed E-state index contributed by atoms with van der Waals surface area (Å²) in [7, 11) is 0. The SMILES string of the molecule is CC(C)(C)NCC(C)(COCc1ccccc1)C1CC1. The zero-order valence-corrected chi connectivity index (χ0v) is 13.4. The highest BCUT2D eigenvalue weighted by Gasteiger charge is 2.41. The molecule has 0 aliphatic heterocycles. The maximum Gasteiger partial charge on any atom is 0.0717 e. The number of hydrogen-bond donors (Lipinski definition) is 1. The molecule has 0 amide bonds. The summed E-state index contributed by atoms with van der Waals surface area (Å²) in [5.41, 5.74) is 1.70. The molecule has 1 unspecified atom stereocenters. The maximum atomic E-state index is 6.01. The first-order valence-electron chi connectivity index (χ1n) is 7.76. The van der Waals surface area contributed by atoms with Crippen LogP contribution in [-0.4, -0.2) is 18.7 Å². The zero-order chi connectivity index (χ0) is 14.6. The molecular weight excluding hydrogens is 246 g/mol. The lowest BCUT2D eigenvalue weighted by atomic mass is 9.85. The average Bonchev–Trinajstić information content (AvgIpc) is 3.22. The minimum atomic E-state index is 0.176. The third-order valence-corrected chi connectivity index (χ3v) is 4.13. The van der Waals surface area contributed by atoms with Crippen LogP contribution in [0.4, 0.5) is 0 Å². The van der Waals surface area contributed by atoms with E-state index in [1.54, 1.807) is 0 Å². The molecule has 1 atom stereocenters. The highest BCUT2D eigenvalue weighted by molar-refractivity contribution is 5.13. The van der Waals surface area contributed by atoms with E-state index in [0.29, 0.717) is 0 Å². The first-order chi connectivity index (χ1) is 9.39. The third kappa shape index (κ3) is 4.92. The summed E-state index contributed by atoms with van der Waals surface area (Å²) in [6.07, 6.45) is 2.72. The fourth-order valence-electron chi connectivity index (χ4n) is 2.54. The van der Waals surface area contributed by atoms with E-state index in [9.17, 15) is 0 Å². The van der Waals surface area contributed by atoms with E-state index in [4.69, 9.17) is 4.74 Å². The van der Waals surface area contributed by atoms with Gasteiger partial charge in [-0.25, -0.2) is 0 Å². The Balaban J connectivity index is 1.83. The minimum Gasteiger partial charge on any atom is -0.376 e. The van der Waals surface area contributed by atoms with Crippen molar-refractivity contribution < 1.29 is 4.74 Å². The summed E-state index contributed by atoms with van der Waals surface area (Å²) < 4.78 is 6.01. The van der Waals surface area contributed by atoms with E-state index in [2.05, 4.69) is 57.3 Å². The Hall–Kier alpha value is -0.860. The van der Waals surface area contributed by atoms with Crippen LogP contribution in [-0.2, 0) is 11.3 Å². The van der Waals surface area contributed by atoms with Gasteiger partial charge in [0.05, 0.1) is 13.2 Å². The Bertz CT molecular complexity index is 405. The van der Waals surface area contributed by atoms with E-state index in [-0.39, 0.29) is 11.0 Å². The Morgan fingerprint density at radius 2 is 1.75 bits per heavy atom. The van der Waals surface area contributed by atoms with Crippen LogP contribution in [0.25, 0.3) is 0 Å². The van der Waals surface area contributed by atoms with E-state index in [0.717, 1.165) is 25.7 Å². The van der Waals surface area contributed by atoms with Crippen LogP contribution < -0.4 is 5.32 Å². The third-order valence-electron chi connectivity index (χ3n) is 4.13. The van der Waals surface area contributed by atoms with Crippen molar-refractivity contribution >= 4 is 0 Å². The normalized spacial score (nSPS) is 18.8. The van der Waals surface area contributed by atoms with E-state index in [1.807, 2.05) is 6.07 Å². The summed E-state index contributed by atoms with van der Waals surface area (Å²) in [6.45, 7) is 11.7. The second-order valence-electron chi connectivity index (χ2n) is 7.51. The fourth-order valence-corrected chi connectivity index (χ4v) is 2.54. The Morgan fingerprint density at radius 3 is 2.30 bits per heavy atom. The standard InChI is InChI=1S/C18H29NO/c1-17(2,3)19-13-18(4,16-10-11-16)14-20-12-15-8-6-5-7-9-15/h5-9,16,19H,10-14H2,1-4H3. The molecule has 112 valence electrons. The minimum absolute atomic E-state index is 0.176. The van der Waals surface area contributed by atoms with Crippen molar-refractivity contribution in [3.05, 3.63) is 35.9 Å². The summed E-state index contributed by atoms with van der Waals surface area (Å²) in [4.78, 5) is 0. The lowest BCUT2D eigenvalue weighted by Crippen LogP contribution is -2.45. The lowest BCUT2D eigenvalue weighted by Gasteiger charge is -2.33. The van der Waals surface area contributed by atoms with Crippen LogP contribution in [0, 0.1) is 11.3 Å². The highest BCUT2D eigenvalue weighted by Crippen LogP contribution is 2.45. The predicted molar refractivity (Wildman–Crippen MR) is 84.7 cm³/mol. The predicted octanol–water partition coefficient (Wildman–Crippen LogP) is 4.01. The van der Waals surface area contributed by atoms with E-state index >= 15 is 0 Å². The molecule has 0 radical (unpaired) electrons. The molecule has 1 N–H and O–H groups in total. The van der Waals surface area contributed by atoms with Gasteiger partial charge in [0.25, 0.3) is 0 Å². The first kappa shape index (κ1) is 15.5. The smallest absolute Gasteiger partial charge is 0.0717 e. The second-order valence-corrected chi connectivity index (χ2v) is 7.51. The molecule has 0 saturated heterocycles. The summed E-state index contributed by atoms with van der Waals surface area (Å²) in [5.74, 6) is 0.827. The van der Waals surface area contributed by atoms with Crippen LogP contribution >= 0.6 is 0 Å². The maximum absolute atomic E-state index is 6.01. The van der Waals surface area contributed by atoms with Crippen molar-refractivity contribution in [1.29, 1.82) is 0 Å². The Kier molecular flexibility index (Phi) is 4.87. The van der Waals surface area contributed by atoms with Crippen LogP contribution in [0.15, 0.2) is 30.3 Å². The van der Waals surface area contributed by atoms with Crippen LogP contribution in [0.5, 0.6) is 0 Å². The average molecular weight is 275 g/mol. The quantitative estimate of drug-likeness (QED) is 0.812. The van der Waals surface area contributed by atoms with Crippen LogP contribution in [0.1, 0.15) is 46.1 Å². The van der Waals surface area contributed by atoms with Gasteiger partial charge in [0.2, 0.25) is 0 Å². The van der Waals surface area contributed by atoms with Crippen molar-refractivity contribution in [3.63, 3.8) is 0 Å². The molecule has 0 bridgehead atoms. The topological polar surface area (TPSA) is 21.3 Å². The summed E-state index contributed by atoms with van der Waals surface area (Å²) in [6, 6.07) is 10.4. The summed E-state index contributed by atoms with van der Waals surface area (Å²) in [5, 5.41) is 3.65. The lowest BCUT2D eigenvalue weighted by molar-refractivity contribution is 0.0272. The largest absolute Gasteiger partial charge is 0.376 e. The summed E-state index contributed by atoms with van der Waals surface area (Å²) >= 11 is 0. The van der Waals surface area contributed by atoms with Gasteiger partial charge in [-0.3, -0.25) is 0 Å². The van der Waals surface area contributed by atoms with Gasteiger partial charge in [0.15, 0.2) is 0 Å². The number of nitrogens with one attached hydrogen (secondary N) is 1. The first-order valence-corrected chi connectivity index (χ1v) is 7.76. The molecule has 0 aromatic heterocycles. The molecule has 2 heteroatoms. The fraction of sp³-hybridized carbons (Fsp3) is 0.667. The molecule has 2 rings (SSSR count). The van der Waals surface area contributed by atoms with Gasteiger partial charge in [-0.05, 0) is 45.1 Å². The van der Waals surface area contributed by atoms with Gasteiger partial charge in [-0.15, -0.1) is 0 Å². The molecule has 1 aliphatic carbocycles. The number of ether oxygens (including phenoxy) is 1. The Labute approximate surface area is 123 Å². The molecule has 1 fully saturated rings. The van der Waals surface area contributed by atoms with E-state index < -0.39 is 0 Å². The molecule has 2 nitrogen and oxygen atoms in total. The highest BCUT2D eigenvalue weighted by atomic mass is 16.5. The van der Waals surface area contributed by atoms with Crippen molar-refractivity contribution in [3.8, 4) is 0 Å². The monoisotopic (exact) mass is 275 g/mol. The molecule has 20 heavy (non-hydrogen) atoms. The van der Waals surface area contributed by atoms with Gasteiger partial charge < -0.3 is 10.1 Å². The molecule has 1 aromatic rings. The molecular formula is C18H29NO. The van der Waals surface area contributed by atoms with Crippen LogP contribution in [0.3, 0.4) is 0 Å². The van der Waals surface area contributed by atoms with Crippen molar-refractivity contribution in [2.45, 2.75) is 52.7 Å². The van der Waals surface area contributed by atoms with Crippen LogP contribution in [0.2, 0.25) is 0 Å². The van der Waals surface area contributed by atoms with E-state index in [1.165, 1.54) is 18.4 Å². The molecule has 0 heterocycles. The van der Waals surface area contributed by atoms with Crippen molar-refractivity contribution in [1.82, 2.24) is 5.32 Å². The Morgan fingerprint density at radius 1 is 1.10 bits per heavy atom. The van der Waals surface area contributed by atoms with Gasteiger partial charge in [0, 0.05) is 17.5 Å². The molecule has 0 spiro atoms. The van der Waals surface area contributed by atoms with Gasteiger partial charge in [-0.2, -0.15) is 0 Å². The molecule has 1 aromatic carbocycles.